The molecule has 1 saturated heterocycles. The first-order valence-electron chi connectivity index (χ1n) is 9.72. The van der Waals surface area contributed by atoms with Crippen molar-refractivity contribution in [2.24, 2.45) is 0 Å². The Bertz CT molecular complexity index is 1040. The van der Waals surface area contributed by atoms with E-state index in [0.717, 1.165) is 24.2 Å². The van der Waals surface area contributed by atoms with Crippen LogP contribution in [-0.2, 0) is 4.79 Å². The molecule has 0 bridgehead atoms. The number of nitrogens with one attached hydrogen (secondary N) is 1. The first kappa shape index (κ1) is 19.6. The van der Waals surface area contributed by atoms with Crippen LogP contribution >= 0.6 is 0 Å². The van der Waals surface area contributed by atoms with Crippen molar-refractivity contribution in [2.75, 3.05) is 19.0 Å². The molecule has 8 nitrogen and oxygen atoms in total. The number of carbonyl (C=O) groups excluding carboxylic acids is 2. The molecule has 0 saturated carbocycles. The number of ether oxygens (including phenoxy) is 1. The van der Waals surface area contributed by atoms with Gasteiger partial charge in [0.1, 0.15) is 11.8 Å². The highest BCUT2D eigenvalue weighted by Gasteiger charge is 2.34. The highest BCUT2D eigenvalue weighted by atomic mass is 16.5. The van der Waals surface area contributed by atoms with Crippen LogP contribution in [0.3, 0.4) is 0 Å². The number of likely N-dealkylation sites (tertiary alicyclic amines) is 1. The van der Waals surface area contributed by atoms with Crippen molar-refractivity contribution in [3.63, 3.8) is 0 Å². The van der Waals surface area contributed by atoms with E-state index in [0.29, 0.717) is 29.5 Å². The van der Waals surface area contributed by atoms with E-state index >= 15 is 0 Å². The minimum absolute atomic E-state index is 0.101. The Hall–Kier alpha value is -3.68. The van der Waals surface area contributed by atoms with Crippen molar-refractivity contribution in [1.82, 2.24) is 15.0 Å². The van der Waals surface area contributed by atoms with Gasteiger partial charge in [-0.2, -0.15) is 4.98 Å². The van der Waals surface area contributed by atoms with E-state index in [1.165, 1.54) is 6.92 Å². The lowest BCUT2D eigenvalue weighted by atomic mass is 10.1. The van der Waals surface area contributed by atoms with Crippen molar-refractivity contribution < 1.29 is 18.8 Å². The molecule has 0 aliphatic carbocycles. The van der Waals surface area contributed by atoms with Crippen LogP contribution in [0.25, 0.3) is 11.4 Å². The Morgan fingerprint density at radius 1 is 1.13 bits per heavy atom. The number of nitrogens with zero attached hydrogens (tertiary/aromatic N) is 3. The fraction of sp³-hybridized carbons (Fsp3) is 0.273. The molecule has 4 rings (SSSR count). The Morgan fingerprint density at radius 2 is 1.87 bits per heavy atom. The van der Waals surface area contributed by atoms with Crippen LogP contribution in [0.5, 0.6) is 5.75 Å². The maximum Gasteiger partial charge on any atom is 0.254 e. The van der Waals surface area contributed by atoms with E-state index in [9.17, 15) is 9.59 Å². The van der Waals surface area contributed by atoms with Crippen LogP contribution in [0.15, 0.2) is 53.1 Å². The minimum atomic E-state index is -0.257. The highest BCUT2D eigenvalue weighted by Crippen LogP contribution is 2.33. The van der Waals surface area contributed by atoms with Crippen LogP contribution in [-0.4, -0.2) is 40.5 Å². The quantitative estimate of drug-likeness (QED) is 0.694. The molecule has 1 fully saturated rings. The van der Waals surface area contributed by atoms with Gasteiger partial charge in [0.25, 0.3) is 5.91 Å². The number of carbonyl (C=O) groups is 2. The molecule has 1 aliphatic heterocycles. The number of amides is 2. The lowest BCUT2D eigenvalue weighted by Crippen LogP contribution is -2.30. The number of benzene rings is 2. The van der Waals surface area contributed by atoms with Gasteiger partial charge in [-0.15, -0.1) is 0 Å². The molecule has 1 aliphatic rings. The van der Waals surface area contributed by atoms with E-state index in [4.69, 9.17) is 9.26 Å². The Morgan fingerprint density at radius 3 is 2.53 bits per heavy atom. The fourth-order valence-electron chi connectivity index (χ4n) is 3.56. The van der Waals surface area contributed by atoms with Crippen LogP contribution in [0, 0.1) is 0 Å². The van der Waals surface area contributed by atoms with Crippen molar-refractivity contribution in [3.05, 3.63) is 60.0 Å². The van der Waals surface area contributed by atoms with Gasteiger partial charge in [0.05, 0.1) is 7.11 Å². The summed E-state index contributed by atoms with van der Waals surface area (Å²) in [5.41, 5.74) is 2.01. The topological polar surface area (TPSA) is 97.6 Å². The monoisotopic (exact) mass is 406 g/mol. The molecule has 2 heterocycles. The molecular formula is C22H22N4O4. The summed E-state index contributed by atoms with van der Waals surface area (Å²) in [6.07, 6.45) is 1.63. The number of rotatable bonds is 5. The molecule has 2 aromatic carbocycles. The molecule has 0 unspecified atom stereocenters. The van der Waals surface area contributed by atoms with Gasteiger partial charge < -0.3 is 19.5 Å². The number of hydrogen-bond acceptors (Lipinski definition) is 6. The molecule has 0 radical (unpaired) electrons. The summed E-state index contributed by atoms with van der Waals surface area (Å²) in [5.74, 6) is 1.40. The van der Waals surface area contributed by atoms with Gasteiger partial charge in [-0.05, 0) is 61.4 Å². The first-order chi connectivity index (χ1) is 14.5. The summed E-state index contributed by atoms with van der Waals surface area (Å²) < 4.78 is 10.7. The SMILES string of the molecule is COc1ccc(-c2noc([C@H]3CCCN3C(=O)c3ccc(NC(C)=O)cc3)n2)cc1. The van der Waals surface area contributed by atoms with Gasteiger partial charge in [-0.25, -0.2) is 0 Å². The molecule has 1 aromatic heterocycles. The van der Waals surface area contributed by atoms with Gasteiger partial charge in [-0.1, -0.05) is 5.16 Å². The molecule has 8 heteroatoms. The summed E-state index contributed by atoms with van der Waals surface area (Å²) in [7, 11) is 1.61. The summed E-state index contributed by atoms with van der Waals surface area (Å²) in [5, 5.41) is 6.78. The predicted molar refractivity (Wildman–Crippen MR) is 110 cm³/mol. The van der Waals surface area contributed by atoms with Crippen LogP contribution in [0.2, 0.25) is 0 Å². The van der Waals surface area contributed by atoms with E-state index in [2.05, 4.69) is 15.5 Å². The second kappa shape index (κ2) is 8.36. The van der Waals surface area contributed by atoms with Crippen LogP contribution in [0.4, 0.5) is 5.69 Å². The molecule has 3 aromatic rings. The lowest BCUT2D eigenvalue weighted by Gasteiger charge is -2.22. The van der Waals surface area contributed by atoms with Crippen LogP contribution < -0.4 is 10.1 Å². The third-order valence-electron chi connectivity index (χ3n) is 5.04. The Balaban J connectivity index is 1.51. The molecular weight excluding hydrogens is 384 g/mol. The minimum Gasteiger partial charge on any atom is -0.497 e. The maximum absolute atomic E-state index is 13.0. The molecule has 30 heavy (non-hydrogen) atoms. The normalized spacial score (nSPS) is 15.8. The summed E-state index contributed by atoms with van der Waals surface area (Å²) in [4.78, 5) is 30.5. The zero-order valence-electron chi connectivity index (χ0n) is 16.8. The summed E-state index contributed by atoms with van der Waals surface area (Å²) >= 11 is 0. The summed E-state index contributed by atoms with van der Waals surface area (Å²) in [6, 6.07) is 14.0. The van der Waals surface area contributed by atoms with Gasteiger partial charge in [0, 0.05) is 30.3 Å². The average molecular weight is 406 g/mol. The van der Waals surface area contributed by atoms with Gasteiger partial charge >= 0.3 is 0 Å². The smallest absolute Gasteiger partial charge is 0.254 e. The van der Waals surface area contributed by atoms with Gasteiger partial charge in [0.2, 0.25) is 17.6 Å². The summed E-state index contributed by atoms with van der Waals surface area (Å²) in [6.45, 7) is 2.07. The largest absolute Gasteiger partial charge is 0.497 e. The van der Waals surface area contributed by atoms with E-state index < -0.39 is 0 Å². The van der Waals surface area contributed by atoms with Crippen LogP contribution in [0.1, 0.15) is 42.1 Å². The second-order valence-corrected chi connectivity index (χ2v) is 7.10. The number of hydrogen-bond donors (Lipinski definition) is 1. The molecule has 154 valence electrons. The Labute approximate surface area is 173 Å². The van der Waals surface area contributed by atoms with Crippen molar-refractivity contribution in [1.29, 1.82) is 0 Å². The molecule has 1 N–H and O–H groups in total. The molecule has 2 amide bonds. The van der Waals surface area contributed by atoms with E-state index in [1.807, 2.05) is 24.3 Å². The molecule has 1 atom stereocenters. The third-order valence-corrected chi connectivity index (χ3v) is 5.04. The zero-order valence-corrected chi connectivity index (χ0v) is 16.8. The van der Waals surface area contributed by atoms with E-state index in [1.54, 1.807) is 36.3 Å². The number of aromatic nitrogens is 2. The van der Waals surface area contributed by atoms with Crippen molar-refractivity contribution in [2.45, 2.75) is 25.8 Å². The fourth-order valence-corrected chi connectivity index (χ4v) is 3.56. The average Bonchev–Trinajstić information content (AvgIpc) is 3.43. The van der Waals surface area contributed by atoms with Gasteiger partial charge in [0.15, 0.2) is 0 Å². The maximum atomic E-state index is 13.0. The third kappa shape index (κ3) is 4.03. The Kier molecular flexibility index (Phi) is 5.47. The second-order valence-electron chi connectivity index (χ2n) is 7.10. The van der Waals surface area contributed by atoms with E-state index in [-0.39, 0.29) is 17.9 Å². The first-order valence-corrected chi connectivity index (χ1v) is 9.72. The van der Waals surface area contributed by atoms with Crippen molar-refractivity contribution in [3.8, 4) is 17.1 Å². The van der Waals surface area contributed by atoms with Gasteiger partial charge in [-0.3, -0.25) is 9.59 Å². The standard InChI is InChI=1S/C22H22N4O4/c1-14(27)23-17-9-5-16(6-10-17)22(28)26-13-3-4-19(26)21-24-20(25-30-21)15-7-11-18(29-2)12-8-15/h5-12,19H,3-4,13H2,1-2H3,(H,23,27)/t19-/m1/s1. The lowest BCUT2D eigenvalue weighted by molar-refractivity contribution is -0.114. The zero-order chi connectivity index (χ0) is 21.1. The highest BCUT2D eigenvalue weighted by molar-refractivity contribution is 5.95. The predicted octanol–water partition coefficient (Wildman–Crippen LogP) is 3.68. The molecule has 0 spiro atoms. The number of anilines is 1. The van der Waals surface area contributed by atoms with Crippen molar-refractivity contribution >= 4 is 17.5 Å². The number of methoxy groups -OCH3 is 1.